The van der Waals surface area contributed by atoms with Gasteiger partial charge in [-0.3, -0.25) is 0 Å². The van der Waals surface area contributed by atoms with Crippen LogP contribution in [0.5, 0.6) is 5.75 Å². The van der Waals surface area contributed by atoms with E-state index in [4.69, 9.17) is 27.9 Å². The minimum atomic E-state index is -0.533. The zero-order chi connectivity index (χ0) is 16.7. The van der Waals surface area contributed by atoms with Gasteiger partial charge in [-0.05, 0) is 36.8 Å². The monoisotopic (exact) mass is 356 g/mol. The predicted molar refractivity (Wildman–Crippen MR) is 90.0 cm³/mol. The van der Waals surface area contributed by atoms with Crippen molar-refractivity contribution in [3.63, 3.8) is 0 Å². The lowest BCUT2D eigenvalue weighted by molar-refractivity contribution is 0.250. The molecule has 4 nitrogen and oxygen atoms in total. The Labute approximate surface area is 143 Å². The number of nitrogens with one attached hydrogen (secondary N) is 2. The van der Waals surface area contributed by atoms with E-state index in [-0.39, 0.29) is 5.02 Å². The number of ether oxygens (including phenoxy) is 1. The molecule has 122 valence electrons. The van der Waals surface area contributed by atoms with E-state index in [1.807, 2.05) is 12.1 Å². The molecule has 0 unspecified atom stereocenters. The summed E-state index contributed by atoms with van der Waals surface area (Å²) in [4.78, 5) is 11.7. The normalized spacial score (nSPS) is 10.2. The van der Waals surface area contributed by atoms with Gasteiger partial charge in [0, 0.05) is 12.2 Å². The molecular formula is C16H15Cl2FN2O2. The van der Waals surface area contributed by atoms with Crippen molar-refractivity contribution in [1.29, 1.82) is 0 Å². The highest BCUT2D eigenvalue weighted by atomic mass is 35.5. The Morgan fingerprint density at radius 1 is 1.13 bits per heavy atom. The summed E-state index contributed by atoms with van der Waals surface area (Å²) >= 11 is 11.6. The van der Waals surface area contributed by atoms with Gasteiger partial charge in [0.25, 0.3) is 0 Å². The fourth-order valence-corrected chi connectivity index (χ4v) is 2.14. The number of amides is 2. The maximum Gasteiger partial charge on any atom is 0.319 e. The maximum atomic E-state index is 13.0. The van der Waals surface area contributed by atoms with Crippen LogP contribution in [0, 0.1) is 5.82 Å². The first-order chi connectivity index (χ1) is 11.1. The lowest BCUT2D eigenvalue weighted by Gasteiger charge is -2.09. The summed E-state index contributed by atoms with van der Waals surface area (Å²) in [5.41, 5.74) is 0.418. The van der Waals surface area contributed by atoms with E-state index in [0.717, 1.165) is 0 Å². The van der Waals surface area contributed by atoms with Crippen molar-refractivity contribution < 1.29 is 13.9 Å². The number of halogens is 3. The third-order valence-electron chi connectivity index (χ3n) is 2.88. The molecule has 0 saturated carbocycles. The summed E-state index contributed by atoms with van der Waals surface area (Å²) in [6.07, 6.45) is 0.614. The molecule has 0 radical (unpaired) electrons. The van der Waals surface area contributed by atoms with Crippen molar-refractivity contribution >= 4 is 34.9 Å². The molecule has 0 fully saturated rings. The molecule has 0 heterocycles. The minimum Gasteiger partial charge on any atom is -0.492 e. The molecule has 0 aromatic heterocycles. The smallest absolute Gasteiger partial charge is 0.319 e. The SMILES string of the molecule is O=C(NCCCOc1ccccc1Cl)Nc1ccc(F)c(Cl)c1. The first-order valence-electron chi connectivity index (χ1n) is 6.93. The van der Waals surface area contributed by atoms with Gasteiger partial charge < -0.3 is 15.4 Å². The highest BCUT2D eigenvalue weighted by Gasteiger charge is 2.05. The van der Waals surface area contributed by atoms with Gasteiger partial charge >= 0.3 is 6.03 Å². The molecule has 0 bridgehead atoms. The van der Waals surface area contributed by atoms with Crippen molar-refractivity contribution in [1.82, 2.24) is 5.32 Å². The summed E-state index contributed by atoms with van der Waals surface area (Å²) < 4.78 is 18.5. The molecule has 0 aliphatic rings. The van der Waals surface area contributed by atoms with Gasteiger partial charge in [0.1, 0.15) is 11.6 Å². The van der Waals surface area contributed by atoms with Gasteiger partial charge in [0.15, 0.2) is 0 Å². The average Bonchev–Trinajstić information content (AvgIpc) is 2.52. The second-order valence-corrected chi connectivity index (χ2v) is 5.46. The van der Waals surface area contributed by atoms with Crippen molar-refractivity contribution in [2.24, 2.45) is 0 Å². The number of hydrogen-bond donors (Lipinski definition) is 2. The quantitative estimate of drug-likeness (QED) is 0.735. The van der Waals surface area contributed by atoms with Crippen LogP contribution >= 0.6 is 23.2 Å². The first kappa shape index (κ1) is 17.4. The van der Waals surface area contributed by atoms with Gasteiger partial charge in [0.05, 0.1) is 16.7 Å². The Morgan fingerprint density at radius 3 is 2.65 bits per heavy atom. The molecule has 0 aliphatic heterocycles. The second kappa shape index (κ2) is 8.60. The van der Waals surface area contributed by atoms with Gasteiger partial charge in [-0.25, -0.2) is 9.18 Å². The summed E-state index contributed by atoms with van der Waals surface area (Å²) in [7, 11) is 0. The number of urea groups is 1. The summed E-state index contributed by atoms with van der Waals surface area (Å²) in [6, 6.07) is 10.7. The van der Waals surface area contributed by atoms with Crippen LogP contribution in [0.25, 0.3) is 0 Å². The third-order valence-corrected chi connectivity index (χ3v) is 3.48. The van der Waals surface area contributed by atoms with Crippen LogP contribution < -0.4 is 15.4 Å². The van der Waals surface area contributed by atoms with E-state index in [2.05, 4.69) is 10.6 Å². The summed E-state index contributed by atoms with van der Waals surface area (Å²) in [5.74, 6) is 0.0777. The number of carbonyl (C=O) groups excluding carboxylic acids is 1. The van der Waals surface area contributed by atoms with Crippen LogP contribution in [-0.4, -0.2) is 19.2 Å². The van der Waals surface area contributed by atoms with Gasteiger partial charge in [-0.15, -0.1) is 0 Å². The Kier molecular flexibility index (Phi) is 6.50. The molecular weight excluding hydrogens is 342 g/mol. The minimum absolute atomic E-state index is 0.0454. The molecule has 0 atom stereocenters. The van der Waals surface area contributed by atoms with Crippen LogP contribution in [-0.2, 0) is 0 Å². The molecule has 2 rings (SSSR count). The molecule has 0 aliphatic carbocycles. The number of hydrogen-bond acceptors (Lipinski definition) is 2. The fraction of sp³-hybridized carbons (Fsp3) is 0.188. The molecule has 2 aromatic carbocycles. The molecule has 2 aromatic rings. The van der Waals surface area contributed by atoms with Crippen molar-refractivity contribution in [2.45, 2.75) is 6.42 Å². The Balaban J connectivity index is 1.67. The van der Waals surface area contributed by atoms with Gasteiger partial charge in [-0.2, -0.15) is 0 Å². The summed E-state index contributed by atoms with van der Waals surface area (Å²) in [5, 5.41) is 5.73. The maximum absolute atomic E-state index is 13.0. The Bertz CT molecular complexity index is 683. The standard InChI is InChI=1S/C16H15Cl2FN2O2/c17-12-4-1-2-5-15(12)23-9-3-8-20-16(22)21-11-6-7-14(19)13(18)10-11/h1-2,4-7,10H,3,8-9H2,(H2,20,21,22). The third kappa shape index (κ3) is 5.62. The van der Waals surface area contributed by atoms with E-state index in [9.17, 15) is 9.18 Å². The number of para-hydroxylation sites is 1. The Hall–Kier alpha value is -1.98. The van der Waals surface area contributed by atoms with Crippen LogP contribution in [0.4, 0.5) is 14.9 Å². The topological polar surface area (TPSA) is 50.4 Å². The number of carbonyl (C=O) groups is 1. The predicted octanol–water partition coefficient (Wildman–Crippen LogP) is 4.72. The highest BCUT2D eigenvalue weighted by molar-refractivity contribution is 6.32. The van der Waals surface area contributed by atoms with Crippen molar-refractivity contribution in [3.05, 3.63) is 58.3 Å². The fourth-order valence-electron chi connectivity index (χ4n) is 1.77. The first-order valence-corrected chi connectivity index (χ1v) is 7.69. The Morgan fingerprint density at radius 2 is 1.91 bits per heavy atom. The lowest BCUT2D eigenvalue weighted by atomic mass is 10.3. The molecule has 2 N–H and O–H groups in total. The van der Waals surface area contributed by atoms with E-state index in [0.29, 0.717) is 36.0 Å². The van der Waals surface area contributed by atoms with Gasteiger partial charge in [-0.1, -0.05) is 35.3 Å². The zero-order valence-corrected chi connectivity index (χ0v) is 13.6. The van der Waals surface area contributed by atoms with Crippen LogP contribution in [0.1, 0.15) is 6.42 Å². The largest absolute Gasteiger partial charge is 0.492 e. The van der Waals surface area contributed by atoms with Crippen molar-refractivity contribution in [2.75, 3.05) is 18.5 Å². The van der Waals surface area contributed by atoms with Crippen LogP contribution in [0.2, 0.25) is 10.0 Å². The van der Waals surface area contributed by atoms with Gasteiger partial charge in [0.2, 0.25) is 0 Å². The average molecular weight is 357 g/mol. The van der Waals surface area contributed by atoms with Crippen molar-refractivity contribution in [3.8, 4) is 5.75 Å². The number of rotatable bonds is 6. The molecule has 0 saturated heterocycles. The number of benzene rings is 2. The van der Waals surface area contributed by atoms with E-state index in [1.54, 1.807) is 12.1 Å². The highest BCUT2D eigenvalue weighted by Crippen LogP contribution is 2.23. The van der Waals surface area contributed by atoms with Crippen LogP contribution in [0.3, 0.4) is 0 Å². The van der Waals surface area contributed by atoms with E-state index >= 15 is 0 Å². The molecule has 2 amide bonds. The van der Waals surface area contributed by atoms with Crippen LogP contribution in [0.15, 0.2) is 42.5 Å². The number of anilines is 1. The second-order valence-electron chi connectivity index (χ2n) is 4.64. The van der Waals surface area contributed by atoms with E-state index in [1.165, 1.54) is 18.2 Å². The lowest BCUT2D eigenvalue weighted by Crippen LogP contribution is -2.30. The zero-order valence-electron chi connectivity index (χ0n) is 12.1. The summed E-state index contributed by atoms with van der Waals surface area (Å²) in [6.45, 7) is 0.845. The molecule has 0 spiro atoms. The molecule has 7 heteroatoms. The molecule has 23 heavy (non-hydrogen) atoms. The van der Waals surface area contributed by atoms with E-state index < -0.39 is 11.8 Å².